The van der Waals surface area contributed by atoms with Crippen LogP contribution in [0.2, 0.25) is 0 Å². The van der Waals surface area contributed by atoms with Gasteiger partial charge in [0.05, 0.1) is 25.0 Å². The van der Waals surface area contributed by atoms with Crippen molar-refractivity contribution < 1.29 is 14.3 Å². The summed E-state index contributed by atoms with van der Waals surface area (Å²) in [7, 11) is 1.60. The molecule has 0 saturated heterocycles. The third-order valence-corrected chi connectivity index (χ3v) is 5.05. The van der Waals surface area contributed by atoms with E-state index < -0.39 is 5.97 Å². The van der Waals surface area contributed by atoms with Gasteiger partial charge in [0.1, 0.15) is 5.75 Å². The van der Waals surface area contributed by atoms with Gasteiger partial charge in [0.2, 0.25) is 0 Å². The maximum atomic E-state index is 13.3. The van der Waals surface area contributed by atoms with Crippen molar-refractivity contribution in [2.75, 3.05) is 13.7 Å². The summed E-state index contributed by atoms with van der Waals surface area (Å²) in [5.74, 6) is 0.251. The lowest BCUT2D eigenvalue weighted by molar-refractivity contribution is 0.0526. The second kappa shape index (κ2) is 7.35. The molecule has 0 fully saturated rings. The van der Waals surface area contributed by atoms with Crippen molar-refractivity contribution in [3.05, 3.63) is 76.1 Å². The first-order valence-corrected chi connectivity index (χ1v) is 9.31. The van der Waals surface area contributed by atoms with E-state index in [-0.39, 0.29) is 12.2 Å². The third-order valence-electron chi connectivity index (χ3n) is 5.05. The minimum atomic E-state index is -0.431. The minimum Gasteiger partial charge on any atom is -0.497 e. The van der Waals surface area contributed by atoms with Gasteiger partial charge in [0.25, 0.3) is 5.56 Å². The number of benzene rings is 2. The Morgan fingerprint density at radius 2 is 1.86 bits per heavy atom. The van der Waals surface area contributed by atoms with E-state index in [2.05, 4.69) is 0 Å². The number of esters is 1. The lowest BCUT2D eigenvalue weighted by Gasteiger charge is -2.25. The number of aromatic nitrogens is 1. The van der Waals surface area contributed by atoms with Gasteiger partial charge in [0.15, 0.2) is 0 Å². The molecule has 5 nitrogen and oxygen atoms in total. The van der Waals surface area contributed by atoms with Crippen LogP contribution in [0.1, 0.15) is 22.8 Å². The fraction of sp³-hybridized carbons (Fsp3) is 0.217. The maximum Gasteiger partial charge on any atom is 0.340 e. The average molecular weight is 375 g/mol. The Morgan fingerprint density at radius 1 is 1.07 bits per heavy atom. The van der Waals surface area contributed by atoms with E-state index in [1.807, 2.05) is 48.5 Å². The van der Waals surface area contributed by atoms with Gasteiger partial charge in [-0.2, -0.15) is 0 Å². The van der Waals surface area contributed by atoms with Crippen LogP contribution in [0.15, 0.2) is 59.4 Å². The molecule has 0 N–H and O–H groups in total. The fourth-order valence-electron chi connectivity index (χ4n) is 3.71. The molecular weight excluding hydrogens is 354 g/mol. The Bertz CT molecular complexity index is 1100. The van der Waals surface area contributed by atoms with Crippen molar-refractivity contribution in [2.24, 2.45) is 0 Å². The summed E-state index contributed by atoms with van der Waals surface area (Å²) in [6.45, 7) is 2.55. The Balaban J connectivity index is 2.03. The number of rotatable bonds is 4. The molecule has 1 aliphatic rings. The summed E-state index contributed by atoms with van der Waals surface area (Å²) in [6.07, 6.45) is 0.715. The second-order valence-corrected chi connectivity index (χ2v) is 6.64. The van der Waals surface area contributed by atoms with E-state index in [0.717, 1.165) is 16.7 Å². The van der Waals surface area contributed by atoms with Crippen molar-refractivity contribution in [3.63, 3.8) is 0 Å². The number of nitrogens with zero attached hydrogens (tertiary/aromatic N) is 1. The monoisotopic (exact) mass is 375 g/mol. The zero-order valence-corrected chi connectivity index (χ0v) is 15.9. The number of pyridine rings is 1. The van der Waals surface area contributed by atoms with Crippen LogP contribution < -0.4 is 10.3 Å². The van der Waals surface area contributed by atoms with Gasteiger partial charge in [-0.25, -0.2) is 4.79 Å². The Labute approximate surface area is 163 Å². The molecule has 28 heavy (non-hydrogen) atoms. The summed E-state index contributed by atoms with van der Waals surface area (Å²) in [4.78, 5) is 26.1. The zero-order valence-electron chi connectivity index (χ0n) is 15.9. The lowest BCUT2D eigenvalue weighted by atomic mass is 9.92. The molecule has 142 valence electrons. The standard InChI is InChI=1S/C23H21NO4/c1-3-28-23(26)20-14-19(15-7-5-4-6-8-15)22(25)24-12-11-16-9-10-17(27-2)13-18(16)21(20)24/h4-10,13-14H,3,11-12H2,1-2H3. The molecule has 2 aromatic carbocycles. The maximum absolute atomic E-state index is 13.3. The number of carbonyl (C=O) groups excluding carboxylic acids is 1. The minimum absolute atomic E-state index is 0.109. The highest BCUT2D eigenvalue weighted by molar-refractivity contribution is 5.98. The predicted molar refractivity (Wildman–Crippen MR) is 108 cm³/mol. The van der Waals surface area contributed by atoms with E-state index in [1.54, 1.807) is 24.7 Å². The highest BCUT2D eigenvalue weighted by atomic mass is 16.5. The van der Waals surface area contributed by atoms with E-state index >= 15 is 0 Å². The van der Waals surface area contributed by atoms with Crippen LogP contribution in [0.3, 0.4) is 0 Å². The Hall–Kier alpha value is -3.34. The fourth-order valence-corrected chi connectivity index (χ4v) is 3.71. The van der Waals surface area contributed by atoms with E-state index in [9.17, 15) is 9.59 Å². The van der Waals surface area contributed by atoms with E-state index in [1.165, 1.54) is 0 Å². The second-order valence-electron chi connectivity index (χ2n) is 6.64. The summed E-state index contributed by atoms with van der Waals surface area (Å²) in [5.41, 5.74) is 4.09. The Morgan fingerprint density at radius 3 is 2.57 bits per heavy atom. The molecule has 4 rings (SSSR count). The van der Waals surface area contributed by atoms with Crippen LogP contribution >= 0.6 is 0 Å². The van der Waals surface area contributed by atoms with E-state index in [4.69, 9.17) is 9.47 Å². The summed E-state index contributed by atoms with van der Waals surface area (Å²) in [6, 6.07) is 16.8. The summed E-state index contributed by atoms with van der Waals surface area (Å²) < 4.78 is 12.4. The molecule has 1 aromatic heterocycles. The first-order chi connectivity index (χ1) is 13.6. The topological polar surface area (TPSA) is 57.5 Å². The number of hydrogen-bond donors (Lipinski definition) is 0. The van der Waals surface area contributed by atoms with Crippen LogP contribution in [-0.4, -0.2) is 24.3 Å². The smallest absolute Gasteiger partial charge is 0.340 e. The number of hydrogen-bond acceptors (Lipinski definition) is 4. The molecule has 1 aliphatic heterocycles. The van der Waals surface area contributed by atoms with Crippen LogP contribution in [0.5, 0.6) is 5.75 Å². The highest BCUT2D eigenvalue weighted by Gasteiger charge is 2.27. The van der Waals surface area contributed by atoms with Crippen molar-refractivity contribution in [1.29, 1.82) is 0 Å². The van der Waals surface area contributed by atoms with E-state index in [0.29, 0.717) is 35.5 Å². The van der Waals surface area contributed by atoms with Gasteiger partial charge in [-0.05, 0) is 42.7 Å². The molecule has 0 amide bonds. The van der Waals surface area contributed by atoms with Crippen LogP contribution in [-0.2, 0) is 17.7 Å². The normalized spacial score (nSPS) is 12.1. The SMILES string of the molecule is CCOC(=O)c1cc(-c2ccccc2)c(=O)n2c1-c1cc(OC)ccc1CC2. The van der Waals surface area contributed by atoms with Gasteiger partial charge in [-0.1, -0.05) is 36.4 Å². The summed E-state index contributed by atoms with van der Waals surface area (Å²) >= 11 is 0. The van der Waals surface area contributed by atoms with Gasteiger partial charge >= 0.3 is 5.97 Å². The number of aryl methyl sites for hydroxylation is 1. The highest BCUT2D eigenvalue weighted by Crippen LogP contribution is 2.35. The summed E-state index contributed by atoms with van der Waals surface area (Å²) in [5, 5.41) is 0. The zero-order chi connectivity index (χ0) is 19.7. The predicted octanol–water partition coefficient (Wildman–Crippen LogP) is 3.92. The van der Waals surface area contributed by atoms with Crippen LogP contribution in [0.4, 0.5) is 0 Å². The van der Waals surface area contributed by atoms with Gasteiger partial charge in [-0.15, -0.1) is 0 Å². The lowest BCUT2D eigenvalue weighted by Crippen LogP contribution is -2.30. The molecule has 2 heterocycles. The first kappa shape index (κ1) is 18.0. The molecular formula is C23H21NO4. The molecule has 0 radical (unpaired) electrons. The average Bonchev–Trinajstić information content (AvgIpc) is 2.74. The van der Waals surface area contributed by atoms with Crippen LogP contribution in [0, 0.1) is 0 Å². The molecule has 0 bridgehead atoms. The van der Waals surface area contributed by atoms with Crippen molar-refractivity contribution in [1.82, 2.24) is 4.57 Å². The largest absolute Gasteiger partial charge is 0.497 e. The van der Waals surface area contributed by atoms with Crippen molar-refractivity contribution in [3.8, 4) is 28.1 Å². The number of carbonyl (C=O) groups is 1. The molecule has 0 atom stereocenters. The molecule has 3 aromatic rings. The molecule has 5 heteroatoms. The first-order valence-electron chi connectivity index (χ1n) is 9.31. The van der Waals surface area contributed by atoms with Gasteiger partial charge in [-0.3, -0.25) is 4.79 Å². The van der Waals surface area contributed by atoms with Crippen molar-refractivity contribution in [2.45, 2.75) is 19.9 Å². The number of fused-ring (bicyclic) bond motifs is 3. The molecule has 0 saturated carbocycles. The Kier molecular flexibility index (Phi) is 4.74. The number of ether oxygens (including phenoxy) is 2. The molecule has 0 spiro atoms. The van der Waals surface area contributed by atoms with Crippen LogP contribution in [0.25, 0.3) is 22.4 Å². The quantitative estimate of drug-likeness (QED) is 0.649. The third kappa shape index (κ3) is 2.99. The van der Waals surface area contributed by atoms with Gasteiger partial charge < -0.3 is 14.0 Å². The van der Waals surface area contributed by atoms with Gasteiger partial charge in [0, 0.05) is 17.7 Å². The number of methoxy groups -OCH3 is 1. The molecule has 0 unspecified atom stereocenters. The van der Waals surface area contributed by atoms with Crippen molar-refractivity contribution >= 4 is 5.97 Å². The molecule has 0 aliphatic carbocycles.